The quantitative estimate of drug-likeness (QED) is 0.0729. The van der Waals surface area contributed by atoms with Crippen LogP contribution in [0.15, 0.2) is 54.6 Å². The fraction of sp³-hybridized carbons (Fsp3) is 0.500. The van der Waals surface area contributed by atoms with Crippen LogP contribution in [0.4, 0.5) is 0 Å². The molecule has 0 radical (unpaired) electrons. The third-order valence-corrected chi connectivity index (χ3v) is 8.22. The zero-order chi connectivity index (χ0) is 37.3. The van der Waals surface area contributed by atoms with Gasteiger partial charge in [-0.1, -0.05) is 24.3 Å². The van der Waals surface area contributed by atoms with Gasteiger partial charge < -0.3 is 70.1 Å². The van der Waals surface area contributed by atoms with E-state index in [1.54, 1.807) is 36.4 Å². The van der Waals surface area contributed by atoms with E-state index < -0.39 is 104 Å². The zero-order valence-electron chi connectivity index (χ0n) is 27.5. The van der Waals surface area contributed by atoms with Crippen LogP contribution < -0.4 is 15.4 Å². The maximum absolute atomic E-state index is 12.9. The number of para-hydroxylation sites is 1. The van der Waals surface area contributed by atoms with Crippen LogP contribution >= 0.6 is 0 Å². The van der Waals surface area contributed by atoms with Gasteiger partial charge in [-0.2, -0.15) is 0 Å². The van der Waals surface area contributed by atoms with E-state index in [2.05, 4.69) is 16.6 Å². The van der Waals surface area contributed by atoms with Crippen molar-refractivity contribution < 1.29 is 73.8 Å². The number of aliphatic hydroxyl groups excluding tert-OH is 6. The number of carboxylic acids is 1. The molecule has 2 aromatic rings. The van der Waals surface area contributed by atoms with Crippen molar-refractivity contribution >= 4 is 17.8 Å². The SMILES string of the molecule is C#CCCO[C@@H]1O[C@H](CO[C@]2(C(=O)O)C[C@H](O)[C@@H](NC(C)=O)[C@H]([C@H](O)[C@H](O)CNC(=O)c3cccc(Oc4ccccc4)c3)O2)[C@H](O)[C@H](O)[C@H]1O. The number of carboxylic acid groups (broad SMARTS) is 1. The number of aliphatic carboxylic acids is 1. The van der Waals surface area contributed by atoms with Gasteiger partial charge in [0.25, 0.3) is 11.7 Å². The number of aliphatic hydroxyl groups is 6. The third kappa shape index (κ3) is 9.99. The van der Waals surface area contributed by atoms with E-state index >= 15 is 0 Å². The molecule has 11 atom stereocenters. The number of terminal acetylenes is 1. The normalized spacial score (nSPS) is 30.3. The number of amides is 2. The van der Waals surface area contributed by atoms with Crippen molar-refractivity contribution in [3.05, 3.63) is 60.2 Å². The van der Waals surface area contributed by atoms with Crippen LogP contribution in [0.2, 0.25) is 0 Å². The molecule has 0 aromatic heterocycles. The molecular weight excluding hydrogens is 676 g/mol. The van der Waals surface area contributed by atoms with Crippen LogP contribution in [0, 0.1) is 12.3 Å². The van der Waals surface area contributed by atoms with Gasteiger partial charge in [0.1, 0.15) is 48.1 Å². The molecule has 17 heteroatoms. The summed E-state index contributed by atoms with van der Waals surface area (Å²) in [5.41, 5.74) is 0.150. The molecular formula is C34H42N2O15. The Bertz CT molecular complexity index is 1520. The lowest BCUT2D eigenvalue weighted by Crippen LogP contribution is -2.68. The monoisotopic (exact) mass is 718 g/mol. The standard InChI is InChI=1S/C34H42N2O15/c1-3-4-13-47-32-29(43)28(42)27(41)24(50-32)17-48-34(33(45)46)15-22(38)25(36-18(2)37)30(51-34)26(40)23(39)16-35-31(44)19-9-8-12-21(14-19)49-20-10-6-5-7-11-20/h1,5-12,14,22-30,32,38-43H,4,13,15-17H2,2H3,(H,35,44)(H,36,37)(H,45,46)/t22-,23+,24+,25+,26+,27-,28-,29+,30+,32+,34+/m0/s1. The highest BCUT2D eigenvalue weighted by molar-refractivity contribution is 5.94. The second-order valence-corrected chi connectivity index (χ2v) is 12.0. The summed E-state index contributed by atoms with van der Waals surface area (Å²) in [6, 6.07) is 13.5. The highest BCUT2D eigenvalue weighted by Gasteiger charge is 2.56. The lowest BCUT2D eigenvalue weighted by atomic mass is 9.88. The van der Waals surface area contributed by atoms with Gasteiger partial charge in [0, 0.05) is 31.9 Å². The molecule has 0 saturated carbocycles. The molecule has 0 unspecified atom stereocenters. The van der Waals surface area contributed by atoms with E-state index in [0.717, 1.165) is 6.92 Å². The van der Waals surface area contributed by atoms with E-state index in [0.29, 0.717) is 11.5 Å². The lowest BCUT2D eigenvalue weighted by Gasteiger charge is -2.47. The van der Waals surface area contributed by atoms with Gasteiger partial charge >= 0.3 is 5.97 Å². The van der Waals surface area contributed by atoms with Crippen molar-refractivity contribution in [1.29, 1.82) is 0 Å². The summed E-state index contributed by atoms with van der Waals surface area (Å²) in [6.07, 6.45) is -11.2. The number of rotatable bonds is 15. The molecule has 2 aromatic carbocycles. The van der Waals surface area contributed by atoms with E-state index in [9.17, 15) is 50.1 Å². The van der Waals surface area contributed by atoms with Crippen molar-refractivity contribution in [1.82, 2.24) is 10.6 Å². The average molecular weight is 719 g/mol. The molecule has 0 aliphatic carbocycles. The number of carbonyl (C=O) groups is 3. The van der Waals surface area contributed by atoms with Crippen molar-refractivity contribution in [2.75, 3.05) is 19.8 Å². The first-order chi connectivity index (χ1) is 24.3. The highest BCUT2D eigenvalue weighted by atomic mass is 16.7. The first kappa shape index (κ1) is 39.6. The van der Waals surface area contributed by atoms with E-state index in [4.69, 9.17) is 30.1 Å². The zero-order valence-corrected chi connectivity index (χ0v) is 27.5. The summed E-state index contributed by atoms with van der Waals surface area (Å²) < 4.78 is 27.8. The molecule has 2 saturated heterocycles. The molecule has 4 rings (SSSR count). The van der Waals surface area contributed by atoms with Gasteiger partial charge in [-0.25, -0.2) is 4.79 Å². The molecule has 2 fully saturated rings. The molecule has 2 amide bonds. The Labute approximate surface area is 292 Å². The van der Waals surface area contributed by atoms with Crippen molar-refractivity contribution in [3.63, 3.8) is 0 Å². The fourth-order valence-electron chi connectivity index (χ4n) is 5.56. The summed E-state index contributed by atoms with van der Waals surface area (Å²) in [5, 5.41) is 79.3. The maximum Gasteiger partial charge on any atom is 0.364 e. The Morgan fingerprint density at radius 1 is 1.02 bits per heavy atom. The number of benzene rings is 2. The highest BCUT2D eigenvalue weighted by Crippen LogP contribution is 2.35. The van der Waals surface area contributed by atoms with E-state index in [1.807, 2.05) is 6.07 Å². The van der Waals surface area contributed by atoms with Crippen LogP contribution in [0.3, 0.4) is 0 Å². The number of hydrogen-bond donors (Lipinski definition) is 9. The molecule has 0 spiro atoms. The Morgan fingerprint density at radius 2 is 1.73 bits per heavy atom. The lowest BCUT2D eigenvalue weighted by molar-refractivity contribution is -0.338. The summed E-state index contributed by atoms with van der Waals surface area (Å²) in [4.78, 5) is 37.6. The Morgan fingerprint density at radius 3 is 2.39 bits per heavy atom. The summed E-state index contributed by atoms with van der Waals surface area (Å²) in [5.74, 6) is -2.70. The average Bonchev–Trinajstić information content (AvgIpc) is 3.11. The molecule has 2 aliphatic heterocycles. The van der Waals surface area contributed by atoms with Gasteiger partial charge in [0.15, 0.2) is 6.29 Å². The minimum atomic E-state index is -2.76. The molecule has 17 nitrogen and oxygen atoms in total. The number of hydrogen-bond acceptors (Lipinski definition) is 14. The van der Waals surface area contributed by atoms with Gasteiger partial charge in [-0.15, -0.1) is 12.3 Å². The Balaban J connectivity index is 1.46. The van der Waals surface area contributed by atoms with Crippen LogP contribution in [0.5, 0.6) is 11.5 Å². The molecule has 51 heavy (non-hydrogen) atoms. The van der Waals surface area contributed by atoms with Gasteiger partial charge in [0.2, 0.25) is 5.91 Å². The molecule has 2 heterocycles. The van der Waals surface area contributed by atoms with Crippen molar-refractivity contribution in [2.24, 2.45) is 0 Å². The molecule has 9 N–H and O–H groups in total. The van der Waals surface area contributed by atoms with Crippen LogP contribution in [-0.4, -0.2) is 140 Å². The number of ether oxygens (including phenoxy) is 5. The van der Waals surface area contributed by atoms with Gasteiger partial charge in [0.05, 0.1) is 31.5 Å². The molecule has 0 bridgehead atoms. The summed E-state index contributed by atoms with van der Waals surface area (Å²) in [6.45, 7) is -0.373. The predicted molar refractivity (Wildman–Crippen MR) is 173 cm³/mol. The molecule has 278 valence electrons. The fourth-order valence-corrected chi connectivity index (χ4v) is 5.56. The van der Waals surface area contributed by atoms with Gasteiger partial charge in [-0.05, 0) is 30.3 Å². The van der Waals surface area contributed by atoms with Crippen LogP contribution in [0.1, 0.15) is 30.1 Å². The van der Waals surface area contributed by atoms with E-state index in [1.165, 1.54) is 12.1 Å². The summed E-state index contributed by atoms with van der Waals surface area (Å²) in [7, 11) is 0. The second-order valence-electron chi connectivity index (χ2n) is 12.0. The third-order valence-electron chi connectivity index (χ3n) is 8.22. The van der Waals surface area contributed by atoms with Gasteiger partial charge in [-0.3, -0.25) is 9.59 Å². The number of carbonyl (C=O) groups excluding carboxylic acids is 2. The first-order valence-electron chi connectivity index (χ1n) is 16.0. The summed E-state index contributed by atoms with van der Waals surface area (Å²) >= 11 is 0. The maximum atomic E-state index is 12.9. The predicted octanol–water partition coefficient (Wildman–Crippen LogP) is -1.77. The smallest absolute Gasteiger partial charge is 0.364 e. The Hall–Kier alpha value is -4.19. The second kappa shape index (κ2) is 17.8. The van der Waals surface area contributed by atoms with Crippen LogP contribution in [-0.2, 0) is 28.5 Å². The largest absolute Gasteiger partial charge is 0.477 e. The first-order valence-corrected chi connectivity index (χ1v) is 16.0. The minimum Gasteiger partial charge on any atom is -0.477 e. The van der Waals surface area contributed by atoms with Crippen molar-refractivity contribution in [3.8, 4) is 23.8 Å². The van der Waals surface area contributed by atoms with E-state index in [-0.39, 0.29) is 18.6 Å². The number of nitrogens with one attached hydrogen (secondary N) is 2. The minimum absolute atomic E-state index is 0.0784. The van der Waals surface area contributed by atoms with Crippen molar-refractivity contribution in [2.45, 2.75) is 86.7 Å². The topological polar surface area (TPSA) is 263 Å². The van der Waals surface area contributed by atoms with Crippen LogP contribution in [0.25, 0.3) is 0 Å². The molecule has 2 aliphatic rings. The Kier molecular flexibility index (Phi) is 13.8.